The van der Waals surface area contributed by atoms with Crippen LogP contribution < -0.4 is 10.6 Å². The second-order valence-corrected chi connectivity index (χ2v) is 7.19. The van der Waals surface area contributed by atoms with Crippen molar-refractivity contribution in [1.29, 1.82) is 0 Å². The molecule has 2 amide bonds. The number of amides is 2. The van der Waals surface area contributed by atoms with Crippen LogP contribution in [0.15, 0.2) is 35.9 Å². The van der Waals surface area contributed by atoms with E-state index in [0.717, 1.165) is 30.8 Å². The van der Waals surface area contributed by atoms with E-state index in [1.165, 1.54) is 36.8 Å². The normalized spacial score (nSPS) is 18.9. The largest absolute Gasteiger partial charge is 0.338 e. The van der Waals surface area contributed by atoms with Crippen LogP contribution in [-0.2, 0) is 5.41 Å². The first-order valence-corrected chi connectivity index (χ1v) is 9.01. The lowest BCUT2D eigenvalue weighted by Gasteiger charge is -2.17. The topological polar surface area (TPSA) is 41.1 Å². The molecule has 0 bridgehead atoms. The Balaban J connectivity index is 1.40. The van der Waals surface area contributed by atoms with Gasteiger partial charge in [0, 0.05) is 23.5 Å². The molecule has 2 aliphatic rings. The van der Waals surface area contributed by atoms with Crippen molar-refractivity contribution in [3.8, 4) is 0 Å². The van der Waals surface area contributed by atoms with Crippen LogP contribution >= 0.6 is 11.6 Å². The smallest absolute Gasteiger partial charge is 0.314 e. The number of urea groups is 1. The number of allylic oxidation sites excluding steroid dienone is 1. The van der Waals surface area contributed by atoms with Crippen molar-refractivity contribution < 1.29 is 4.79 Å². The minimum absolute atomic E-state index is 0.0540. The third kappa shape index (κ3) is 4.51. The molecule has 1 aromatic carbocycles. The molecular weight excluding hydrogens is 308 g/mol. The van der Waals surface area contributed by atoms with Crippen molar-refractivity contribution in [3.05, 3.63) is 46.5 Å². The van der Waals surface area contributed by atoms with Gasteiger partial charge in [0.25, 0.3) is 0 Å². The molecule has 4 heteroatoms. The van der Waals surface area contributed by atoms with E-state index in [1.807, 2.05) is 12.1 Å². The third-order valence-corrected chi connectivity index (χ3v) is 5.27. The molecule has 3 rings (SSSR count). The van der Waals surface area contributed by atoms with Crippen molar-refractivity contribution in [1.82, 2.24) is 10.6 Å². The lowest BCUT2D eigenvalue weighted by molar-refractivity contribution is 0.240. The highest BCUT2D eigenvalue weighted by Crippen LogP contribution is 2.47. The molecule has 0 saturated heterocycles. The second-order valence-electron chi connectivity index (χ2n) is 6.75. The highest BCUT2D eigenvalue weighted by atomic mass is 35.5. The average Bonchev–Trinajstić information content (AvgIpc) is 3.36. The summed E-state index contributed by atoms with van der Waals surface area (Å²) in [6.07, 6.45) is 10.6. The first-order chi connectivity index (χ1) is 11.2. The fourth-order valence-corrected chi connectivity index (χ4v) is 3.43. The Labute approximate surface area is 143 Å². The zero-order chi connectivity index (χ0) is 16.1. The molecule has 1 fully saturated rings. The molecule has 124 valence electrons. The number of benzene rings is 1. The van der Waals surface area contributed by atoms with Crippen LogP contribution in [0.1, 0.15) is 50.5 Å². The fourth-order valence-electron chi connectivity index (χ4n) is 3.30. The van der Waals surface area contributed by atoms with Crippen molar-refractivity contribution in [2.75, 3.05) is 13.1 Å². The Bertz CT molecular complexity index is 576. The first kappa shape index (κ1) is 16.4. The molecule has 0 spiro atoms. The Morgan fingerprint density at radius 1 is 1.13 bits per heavy atom. The van der Waals surface area contributed by atoms with Gasteiger partial charge in [0.2, 0.25) is 0 Å². The van der Waals surface area contributed by atoms with E-state index in [2.05, 4.69) is 28.8 Å². The van der Waals surface area contributed by atoms with Gasteiger partial charge in [0.05, 0.1) is 0 Å². The van der Waals surface area contributed by atoms with Crippen LogP contribution in [0, 0.1) is 0 Å². The monoisotopic (exact) mass is 332 g/mol. The van der Waals surface area contributed by atoms with Crippen molar-refractivity contribution >= 4 is 17.6 Å². The van der Waals surface area contributed by atoms with Crippen molar-refractivity contribution in [3.63, 3.8) is 0 Å². The number of hydrogen-bond acceptors (Lipinski definition) is 1. The van der Waals surface area contributed by atoms with E-state index in [-0.39, 0.29) is 11.4 Å². The lowest BCUT2D eigenvalue weighted by Crippen LogP contribution is -2.40. The molecule has 0 radical (unpaired) electrons. The molecule has 3 nitrogen and oxygen atoms in total. The maximum Gasteiger partial charge on any atom is 0.314 e. The van der Waals surface area contributed by atoms with E-state index in [1.54, 1.807) is 0 Å². The van der Waals surface area contributed by atoms with Gasteiger partial charge in [-0.1, -0.05) is 35.4 Å². The van der Waals surface area contributed by atoms with Gasteiger partial charge in [-0.05, 0) is 62.6 Å². The van der Waals surface area contributed by atoms with E-state index in [4.69, 9.17) is 11.6 Å². The number of hydrogen-bond donors (Lipinski definition) is 2. The molecule has 1 saturated carbocycles. The predicted octanol–water partition coefficient (Wildman–Crippen LogP) is 4.56. The Hall–Kier alpha value is -1.48. The fraction of sp³-hybridized carbons (Fsp3) is 0.526. The number of halogens is 1. The summed E-state index contributed by atoms with van der Waals surface area (Å²) in [5.74, 6) is 0. The summed E-state index contributed by atoms with van der Waals surface area (Å²) in [5, 5.41) is 6.77. The molecule has 0 aliphatic heterocycles. The summed E-state index contributed by atoms with van der Waals surface area (Å²) in [6, 6.07) is 7.94. The molecule has 0 unspecified atom stereocenters. The van der Waals surface area contributed by atoms with Gasteiger partial charge < -0.3 is 10.6 Å². The Morgan fingerprint density at radius 3 is 2.57 bits per heavy atom. The molecule has 0 atom stereocenters. The highest BCUT2D eigenvalue weighted by Gasteiger charge is 2.44. The highest BCUT2D eigenvalue weighted by molar-refractivity contribution is 6.30. The lowest BCUT2D eigenvalue weighted by atomic mass is 9.96. The van der Waals surface area contributed by atoms with Gasteiger partial charge in [-0.2, -0.15) is 0 Å². The van der Waals surface area contributed by atoms with Crippen LogP contribution in [0.3, 0.4) is 0 Å². The molecular formula is C19H25ClN2O. The van der Waals surface area contributed by atoms with Gasteiger partial charge in [0.15, 0.2) is 0 Å². The van der Waals surface area contributed by atoms with E-state index in [9.17, 15) is 4.79 Å². The van der Waals surface area contributed by atoms with Crippen LogP contribution in [0.25, 0.3) is 0 Å². The minimum Gasteiger partial charge on any atom is -0.338 e. The van der Waals surface area contributed by atoms with Crippen LogP contribution in [0.4, 0.5) is 4.79 Å². The quantitative estimate of drug-likeness (QED) is 0.736. The molecule has 23 heavy (non-hydrogen) atoms. The van der Waals surface area contributed by atoms with Crippen molar-refractivity contribution in [2.45, 2.75) is 50.4 Å². The summed E-state index contributed by atoms with van der Waals surface area (Å²) in [4.78, 5) is 12.0. The van der Waals surface area contributed by atoms with Crippen molar-refractivity contribution in [2.24, 2.45) is 0 Å². The van der Waals surface area contributed by atoms with Gasteiger partial charge in [0.1, 0.15) is 0 Å². The molecule has 2 aliphatic carbocycles. The molecule has 1 aromatic rings. The zero-order valence-electron chi connectivity index (χ0n) is 13.5. The first-order valence-electron chi connectivity index (χ1n) is 8.64. The Morgan fingerprint density at radius 2 is 1.91 bits per heavy atom. The number of rotatable bonds is 6. The molecule has 2 N–H and O–H groups in total. The van der Waals surface area contributed by atoms with Crippen LogP contribution in [0.2, 0.25) is 5.02 Å². The Kier molecular flexibility index (Phi) is 5.27. The van der Waals surface area contributed by atoms with Crippen LogP contribution in [0.5, 0.6) is 0 Å². The predicted molar refractivity (Wildman–Crippen MR) is 94.9 cm³/mol. The van der Waals surface area contributed by atoms with Gasteiger partial charge >= 0.3 is 6.03 Å². The molecule has 0 heterocycles. The summed E-state index contributed by atoms with van der Waals surface area (Å²) < 4.78 is 0. The minimum atomic E-state index is -0.0540. The van der Waals surface area contributed by atoms with Crippen LogP contribution in [-0.4, -0.2) is 19.1 Å². The van der Waals surface area contributed by atoms with Gasteiger partial charge in [-0.25, -0.2) is 4.79 Å². The second kappa shape index (κ2) is 7.39. The molecule has 0 aromatic heterocycles. The number of nitrogens with one attached hydrogen (secondary N) is 2. The summed E-state index contributed by atoms with van der Waals surface area (Å²) in [6.45, 7) is 1.43. The van der Waals surface area contributed by atoms with Gasteiger partial charge in [-0.3, -0.25) is 0 Å². The number of carbonyl (C=O) groups excluding carboxylic acids is 1. The summed E-state index contributed by atoms with van der Waals surface area (Å²) >= 11 is 5.95. The standard InChI is InChI=1S/C19H25ClN2O/c20-17-8-6-16(7-9-17)19(11-12-19)14-22-18(23)21-13-10-15-4-2-1-3-5-15/h4,6-9H,1-3,5,10-14H2,(H2,21,22,23). The maximum atomic E-state index is 12.0. The third-order valence-electron chi connectivity index (χ3n) is 5.01. The van der Waals surface area contributed by atoms with E-state index in [0.29, 0.717) is 6.54 Å². The SMILES string of the molecule is O=C(NCCC1=CCCCC1)NCC1(c2ccc(Cl)cc2)CC1. The van der Waals surface area contributed by atoms with E-state index >= 15 is 0 Å². The summed E-state index contributed by atoms with van der Waals surface area (Å²) in [7, 11) is 0. The maximum absolute atomic E-state index is 12.0. The number of carbonyl (C=O) groups is 1. The van der Waals surface area contributed by atoms with E-state index < -0.39 is 0 Å². The zero-order valence-corrected chi connectivity index (χ0v) is 14.3. The summed E-state index contributed by atoms with van der Waals surface area (Å²) in [5.41, 5.74) is 2.89. The van der Waals surface area contributed by atoms with Gasteiger partial charge in [-0.15, -0.1) is 0 Å². The average molecular weight is 333 g/mol.